The maximum atomic E-state index is 13.6. The van der Waals surface area contributed by atoms with Gasteiger partial charge in [-0.05, 0) is 55.0 Å². The number of benzene rings is 2. The van der Waals surface area contributed by atoms with Crippen molar-refractivity contribution in [3.63, 3.8) is 0 Å². The molecule has 0 spiro atoms. The molecule has 1 atom stereocenters. The predicted octanol–water partition coefficient (Wildman–Crippen LogP) is 9.39. The SMILES string of the molecule is CC(C)(C)c1ccc(C(OP(=O)(O)OP(=O)(O)O)(c2ccc(C(C)(C)C)cc2C(C)(C)C)C(C)(C)C)c(C(C)(C)C)c1. The van der Waals surface area contributed by atoms with E-state index in [1.165, 1.54) is 0 Å². The second-order valence-electron chi connectivity index (χ2n) is 16.6. The fraction of sp³-hybridized carbons (Fsp3) is 0.636. The minimum atomic E-state index is -5.40. The van der Waals surface area contributed by atoms with Gasteiger partial charge in [0.2, 0.25) is 0 Å². The van der Waals surface area contributed by atoms with Gasteiger partial charge in [-0.3, -0.25) is 4.52 Å². The summed E-state index contributed by atoms with van der Waals surface area (Å²) >= 11 is 0. The summed E-state index contributed by atoms with van der Waals surface area (Å²) in [6.45, 7) is 30.9. The lowest BCUT2D eigenvalue weighted by molar-refractivity contribution is -0.0261. The van der Waals surface area contributed by atoms with Crippen molar-refractivity contribution in [3.8, 4) is 0 Å². The maximum Gasteiger partial charge on any atom is 0.482 e. The van der Waals surface area contributed by atoms with Gasteiger partial charge >= 0.3 is 15.6 Å². The first-order valence-corrected chi connectivity index (χ1v) is 17.5. The second kappa shape index (κ2) is 11.2. The molecular formula is C33H54O7P2. The highest BCUT2D eigenvalue weighted by molar-refractivity contribution is 7.60. The van der Waals surface area contributed by atoms with Gasteiger partial charge in [-0.2, -0.15) is 4.31 Å². The third-order valence-electron chi connectivity index (χ3n) is 7.66. The van der Waals surface area contributed by atoms with Crippen LogP contribution in [0.5, 0.6) is 0 Å². The van der Waals surface area contributed by atoms with Crippen molar-refractivity contribution in [1.82, 2.24) is 0 Å². The maximum absolute atomic E-state index is 13.6. The third-order valence-corrected chi connectivity index (χ3v) is 9.84. The van der Waals surface area contributed by atoms with E-state index in [0.717, 1.165) is 22.3 Å². The summed E-state index contributed by atoms with van der Waals surface area (Å²) in [7, 11) is -10.8. The lowest BCUT2D eigenvalue weighted by Crippen LogP contribution is -2.46. The Morgan fingerprint density at radius 3 is 1.10 bits per heavy atom. The van der Waals surface area contributed by atoms with Crippen molar-refractivity contribution >= 4 is 15.6 Å². The van der Waals surface area contributed by atoms with Gasteiger partial charge in [-0.15, -0.1) is 0 Å². The first kappa shape index (κ1) is 36.9. The molecule has 0 bridgehead atoms. The fourth-order valence-corrected chi connectivity index (χ4v) is 7.41. The van der Waals surface area contributed by atoms with Crippen molar-refractivity contribution < 1.29 is 32.6 Å². The van der Waals surface area contributed by atoms with Crippen molar-refractivity contribution in [3.05, 3.63) is 69.8 Å². The molecule has 0 saturated carbocycles. The van der Waals surface area contributed by atoms with Crippen LogP contribution in [0.3, 0.4) is 0 Å². The molecule has 0 radical (unpaired) electrons. The van der Waals surface area contributed by atoms with Gasteiger partial charge in [-0.1, -0.05) is 140 Å². The van der Waals surface area contributed by atoms with Gasteiger partial charge in [0.05, 0.1) is 0 Å². The van der Waals surface area contributed by atoms with Gasteiger partial charge in [0.25, 0.3) is 0 Å². The number of phosphoric ester groups is 1. The Morgan fingerprint density at radius 1 is 0.524 bits per heavy atom. The minimum absolute atomic E-state index is 0.176. The van der Waals surface area contributed by atoms with E-state index < -0.39 is 37.5 Å². The van der Waals surface area contributed by atoms with Gasteiger partial charge in [-0.25, -0.2) is 9.13 Å². The molecule has 42 heavy (non-hydrogen) atoms. The van der Waals surface area contributed by atoms with Crippen LogP contribution in [0, 0.1) is 5.41 Å². The van der Waals surface area contributed by atoms with Crippen molar-refractivity contribution in [2.45, 2.75) is 131 Å². The van der Waals surface area contributed by atoms with E-state index in [4.69, 9.17) is 4.52 Å². The zero-order valence-corrected chi connectivity index (χ0v) is 30.1. The van der Waals surface area contributed by atoms with E-state index in [1.54, 1.807) is 0 Å². The Hall–Kier alpha value is -1.30. The summed E-state index contributed by atoms with van der Waals surface area (Å²) in [6, 6.07) is 12.1. The van der Waals surface area contributed by atoms with Gasteiger partial charge in [0, 0.05) is 5.41 Å². The van der Waals surface area contributed by atoms with E-state index in [1.807, 2.05) is 45.0 Å². The Balaban J connectivity index is 3.33. The van der Waals surface area contributed by atoms with Crippen molar-refractivity contribution in [1.29, 1.82) is 0 Å². The van der Waals surface area contributed by atoms with Crippen LogP contribution in [0.2, 0.25) is 0 Å². The first-order valence-electron chi connectivity index (χ1n) is 14.4. The third kappa shape index (κ3) is 8.24. The molecule has 7 nitrogen and oxygen atoms in total. The zero-order valence-electron chi connectivity index (χ0n) is 28.3. The summed E-state index contributed by atoms with van der Waals surface area (Å²) in [5.74, 6) is 0. The molecular weight excluding hydrogens is 570 g/mol. The molecule has 9 heteroatoms. The fourth-order valence-electron chi connectivity index (χ4n) is 5.39. The molecule has 2 aromatic carbocycles. The number of phosphoric acid groups is 2. The lowest BCUT2D eigenvalue weighted by Gasteiger charge is -2.49. The van der Waals surface area contributed by atoms with E-state index in [2.05, 4.69) is 99.5 Å². The second-order valence-corrected chi connectivity index (χ2v) is 19.3. The first-order chi connectivity index (χ1) is 18.3. The largest absolute Gasteiger partial charge is 0.482 e. The van der Waals surface area contributed by atoms with Crippen LogP contribution in [0.15, 0.2) is 36.4 Å². The highest BCUT2D eigenvalue weighted by Crippen LogP contribution is 2.66. The van der Waals surface area contributed by atoms with E-state index in [-0.39, 0.29) is 10.8 Å². The standard InChI is InChI=1S/C33H54O7P2/c1-28(2,3)22-16-18-24(26(20-22)30(7,8)9)33(32(13,14)15,39-42(37,38)40-41(34,35)36)25-19-17-23(29(4,5)6)21-27(25)31(10,11)12/h16-21H,1-15H3,(H,37,38)(H2,34,35,36). The molecule has 0 heterocycles. The van der Waals surface area contributed by atoms with Crippen LogP contribution in [0.1, 0.15) is 137 Å². The van der Waals surface area contributed by atoms with Crippen LogP contribution in [-0.2, 0) is 45.2 Å². The number of hydrogen-bond acceptors (Lipinski definition) is 4. The Morgan fingerprint density at radius 2 is 0.857 bits per heavy atom. The predicted molar refractivity (Wildman–Crippen MR) is 172 cm³/mol. The van der Waals surface area contributed by atoms with Crippen LogP contribution in [0.4, 0.5) is 0 Å². The summed E-state index contributed by atoms with van der Waals surface area (Å²) < 4.78 is 36.2. The van der Waals surface area contributed by atoms with Gasteiger partial charge < -0.3 is 14.7 Å². The minimum Gasteiger partial charge on any atom is -0.302 e. The molecule has 0 saturated heterocycles. The highest BCUT2D eigenvalue weighted by atomic mass is 31.3. The molecule has 3 N–H and O–H groups in total. The molecule has 0 amide bonds. The molecule has 238 valence electrons. The van der Waals surface area contributed by atoms with E-state index in [9.17, 15) is 23.8 Å². The Bertz CT molecular complexity index is 1310. The topological polar surface area (TPSA) is 113 Å². The zero-order chi connectivity index (χ0) is 33.1. The van der Waals surface area contributed by atoms with Crippen LogP contribution < -0.4 is 0 Å². The quantitative estimate of drug-likeness (QED) is 0.274. The van der Waals surface area contributed by atoms with Crippen molar-refractivity contribution in [2.75, 3.05) is 0 Å². The number of rotatable bonds is 6. The molecule has 1 unspecified atom stereocenters. The monoisotopic (exact) mass is 624 g/mol. The summed E-state index contributed by atoms with van der Waals surface area (Å²) in [6.07, 6.45) is 0. The molecule has 2 aromatic rings. The van der Waals surface area contributed by atoms with Crippen LogP contribution in [0.25, 0.3) is 0 Å². The van der Waals surface area contributed by atoms with Gasteiger partial charge in [0.15, 0.2) is 0 Å². The van der Waals surface area contributed by atoms with Gasteiger partial charge in [0.1, 0.15) is 5.60 Å². The average Bonchev–Trinajstić information content (AvgIpc) is 2.71. The molecule has 0 aliphatic heterocycles. The molecule has 0 aliphatic carbocycles. The average molecular weight is 625 g/mol. The van der Waals surface area contributed by atoms with Crippen molar-refractivity contribution in [2.24, 2.45) is 5.41 Å². The van der Waals surface area contributed by atoms with E-state index in [0.29, 0.717) is 11.1 Å². The Kier molecular flexibility index (Phi) is 9.88. The molecule has 2 rings (SSSR count). The summed E-state index contributed by atoms with van der Waals surface area (Å²) in [5, 5.41) is 0. The number of hydrogen-bond donors (Lipinski definition) is 3. The van der Waals surface area contributed by atoms with E-state index >= 15 is 0 Å². The lowest BCUT2D eigenvalue weighted by atomic mass is 9.61. The molecule has 0 aliphatic rings. The molecule has 0 aromatic heterocycles. The summed E-state index contributed by atoms with van der Waals surface area (Å²) in [5.41, 5.74) is 1.38. The summed E-state index contributed by atoms with van der Waals surface area (Å²) in [4.78, 5) is 30.2. The Labute approximate surface area is 254 Å². The molecule has 0 fully saturated rings. The normalized spacial score (nSPS) is 16.0. The highest BCUT2D eigenvalue weighted by Gasteiger charge is 2.55. The van der Waals surface area contributed by atoms with Crippen LogP contribution in [-0.4, -0.2) is 14.7 Å². The van der Waals surface area contributed by atoms with Crippen LogP contribution >= 0.6 is 15.6 Å². The smallest absolute Gasteiger partial charge is 0.302 e.